The summed E-state index contributed by atoms with van der Waals surface area (Å²) in [5.74, 6) is -2.58. The van der Waals surface area contributed by atoms with E-state index in [1.54, 1.807) is 45.9 Å². The number of nitrogen functional groups attached to an aromatic ring is 1. The average molecular weight is 709 g/mol. The monoisotopic (exact) mass is 708 g/mol. The minimum atomic E-state index is -0.770. The first-order chi connectivity index (χ1) is 24.8. The second-order valence-corrected chi connectivity index (χ2v) is 11.8. The van der Waals surface area contributed by atoms with E-state index in [-0.39, 0.29) is 64.3 Å². The summed E-state index contributed by atoms with van der Waals surface area (Å²) < 4.78 is 6.22. The van der Waals surface area contributed by atoms with Gasteiger partial charge in [-0.3, -0.25) is 43.7 Å². The van der Waals surface area contributed by atoms with Crippen molar-refractivity contribution in [3.05, 3.63) is 76.5 Å². The molecule has 0 bridgehead atoms. The fraction of sp³-hybridized carbons (Fsp3) is 0.242. The molecule has 1 aromatic carbocycles. The summed E-state index contributed by atoms with van der Waals surface area (Å²) in [7, 11) is 0. The lowest BCUT2D eigenvalue weighted by Gasteiger charge is -2.11. The van der Waals surface area contributed by atoms with Crippen LogP contribution in [0.2, 0.25) is 0 Å². The van der Waals surface area contributed by atoms with E-state index < -0.39 is 23.6 Å². The fourth-order valence-corrected chi connectivity index (χ4v) is 5.80. The molecule has 5 heterocycles. The Balaban J connectivity index is 1.35. The lowest BCUT2D eigenvalue weighted by Crippen LogP contribution is -2.21. The molecule has 0 radical (unpaired) electrons. The Morgan fingerprint density at radius 3 is 2.10 bits per heavy atom. The molecule has 4 amide bonds. The van der Waals surface area contributed by atoms with Crippen LogP contribution in [0.1, 0.15) is 66.9 Å². The van der Waals surface area contributed by atoms with Gasteiger partial charge in [-0.05, 0) is 52.0 Å². The summed E-state index contributed by atoms with van der Waals surface area (Å²) in [6, 6.07) is 5.77. The Kier molecular flexibility index (Phi) is 9.16. The number of allylic oxidation sites excluding steroid dienone is 2. The van der Waals surface area contributed by atoms with Gasteiger partial charge in [-0.15, -0.1) is 0 Å². The van der Waals surface area contributed by atoms with Gasteiger partial charge in [0, 0.05) is 37.9 Å². The predicted molar refractivity (Wildman–Crippen MR) is 191 cm³/mol. The van der Waals surface area contributed by atoms with Crippen molar-refractivity contribution < 1.29 is 24.3 Å². The molecule has 19 heteroatoms. The molecule has 0 fully saturated rings. The number of aryl methyl sites for hydroxylation is 4. The number of primary amides is 2. The van der Waals surface area contributed by atoms with Crippen LogP contribution in [-0.2, 0) is 26.2 Å². The molecule has 0 aliphatic heterocycles. The van der Waals surface area contributed by atoms with Gasteiger partial charge in [-0.25, -0.2) is 15.0 Å². The number of rotatable bonds is 12. The molecule has 0 unspecified atom stereocenters. The molecule has 6 aromatic rings. The maximum Gasteiger partial charge on any atom is 0.278 e. The summed E-state index contributed by atoms with van der Waals surface area (Å²) in [4.78, 5) is 64.1. The van der Waals surface area contributed by atoms with Crippen molar-refractivity contribution in [1.29, 1.82) is 0 Å². The summed E-state index contributed by atoms with van der Waals surface area (Å²) in [5.41, 5.74) is 20.2. The van der Waals surface area contributed by atoms with Crippen LogP contribution in [0, 0.1) is 13.8 Å². The summed E-state index contributed by atoms with van der Waals surface area (Å²) >= 11 is 0. The van der Waals surface area contributed by atoms with Crippen molar-refractivity contribution in [3.63, 3.8) is 0 Å². The second-order valence-electron chi connectivity index (χ2n) is 11.8. The first kappa shape index (κ1) is 34.8. The molecule has 0 spiro atoms. The largest absolute Gasteiger partial charge is 0.506 e. The van der Waals surface area contributed by atoms with Gasteiger partial charge in [0.1, 0.15) is 28.2 Å². The zero-order valence-electron chi connectivity index (χ0n) is 28.7. The molecule has 9 N–H and O–H groups in total. The quantitative estimate of drug-likeness (QED) is 0.100. The molecule has 0 atom stereocenters. The lowest BCUT2D eigenvalue weighted by atomic mass is 10.1. The van der Waals surface area contributed by atoms with E-state index in [4.69, 9.17) is 17.2 Å². The fourth-order valence-electron chi connectivity index (χ4n) is 5.80. The molecule has 268 valence electrons. The number of aromatic hydroxyl groups is 1. The number of hydrogen-bond donors (Lipinski definition) is 6. The maximum atomic E-state index is 13.5. The van der Waals surface area contributed by atoms with Crippen LogP contribution < -0.4 is 27.8 Å². The number of nitrogens with zero attached hydrogens (tertiary/aromatic N) is 9. The maximum absolute atomic E-state index is 13.5. The second kappa shape index (κ2) is 13.7. The molecule has 0 saturated carbocycles. The molecular weight excluding hydrogens is 672 g/mol. The van der Waals surface area contributed by atoms with Crippen molar-refractivity contribution in [1.82, 2.24) is 43.6 Å². The van der Waals surface area contributed by atoms with E-state index in [0.29, 0.717) is 41.3 Å². The predicted octanol–water partition coefficient (Wildman–Crippen LogP) is 2.08. The highest BCUT2D eigenvalue weighted by molar-refractivity contribution is 6.07. The molecule has 5 aromatic heterocycles. The molecule has 52 heavy (non-hydrogen) atoms. The zero-order valence-corrected chi connectivity index (χ0v) is 28.7. The van der Waals surface area contributed by atoms with Crippen LogP contribution >= 0.6 is 0 Å². The molecular formula is C33H36N14O5. The van der Waals surface area contributed by atoms with Gasteiger partial charge < -0.3 is 26.9 Å². The highest BCUT2D eigenvalue weighted by Gasteiger charge is 2.24. The summed E-state index contributed by atoms with van der Waals surface area (Å²) in [5, 5.41) is 25.2. The first-order valence-corrected chi connectivity index (χ1v) is 16.1. The number of amides is 4. The standard InChI is InChI=1S/C33H36N14O5/c1-5-46-22(11-16(3)42-46)30(51)40-33-39-21-13-19(28(36)50)15-37-29(21)45(33)10-8-7-9-44-25-20(12-18(27(35)49)14-23(25)48)38-32(44)41-31(52)26-24(34)17(4)43-47(26)6-2/h7-8,11-15,48H,5-6,9-10,34H2,1-4H3,(H2,35,49)(H2,36,50)(H,38,41,52)(H,39,40,51)/b8-7+. The van der Waals surface area contributed by atoms with E-state index in [1.165, 1.54) is 29.1 Å². The van der Waals surface area contributed by atoms with Crippen molar-refractivity contribution in [2.75, 3.05) is 16.4 Å². The molecule has 19 nitrogen and oxygen atoms in total. The van der Waals surface area contributed by atoms with Crippen LogP contribution in [0.5, 0.6) is 5.75 Å². The van der Waals surface area contributed by atoms with Gasteiger partial charge in [0.05, 0.1) is 28.2 Å². The number of nitrogens with one attached hydrogen (secondary N) is 2. The average Bonchev–Trinajstić information content (AvgIpc) is 3.84. The Bertz CT molecular complexity index is 2450. The van der Waals surface area contributed by atoms with Crippen LogP contribution in [0.25, 0.3) is 22.2 Å². The minimum Gasteiger partial charge on any atom is -0.506 e. The number of carbonyl (C=O) groups is 4. The van der Waals surface area contributed by atoms with Gasteiger partial charge >= 0.3 is 0 Å². The van der Waals surface area contributed by atoms with E-state index in [9.17, 15) is 24.3 Å². The summed E-state index contributed by atoms with van der Waals surface area (Å²) in [6.45, 7) is 8.22. The smallest absolute Gasteiger partial charge is 0.278 e. The van der Waals surface area contributed by atoms with E-state index in [2.05, 4.69) is 35.8 Å². The number of phenolic OH excluding ortho intramolecular Hbond substituents is 1. The van der Waals surface area contributed by atoms with Crippen molar-refractivity contribution in [2.24, 2.45) is 11.5 Å². The van der Waals surface area contributed by atoms with Gasteiger partial charge in [0.2, 0.25) is 23.7 Å². The first-order valence-electron chi connectivity index (χ1n) is 16.1. The Morgan fingerprint density at radius 1 is 0.808 bits per heavy atom. The highest BCUT2D eigenvalue weighted by atomic mass is 16.3. The molecule has 6 rings (SSSR count). The number of anilines is 3. The topological polar surface area (TPSA) is 275 Å². The third kappa shape index (κ3) is 6.37. The highest BCUT2D eigenvalue weighted by Crippen LogP contribution is 2.31. The normalized spacial score (nSPS) is 11.5. The van der Waals surface area contributed by atoms with Crippen molar-refractivity contribution >= 4 is 63.4 Å². The third-order valence-electron chi connectivity index (χ3n) is 8.29. The Morgan fingerprint density at radius 2 is 1.42 bits per heavy atom. The van der Waals surface area contributed by atoms with Crippen LogP contribution in [0.15, 0.2) is 42.6 Å². The van der Waals surface area contributed by atoms with E-state index >= 15 is 0 Å². The number of aromatic nitrogens is 9. The van der Waals surface area contributed by atoms with Gasteiger partial charge in [-0.1, -0.05) is 12.2 Å². The van der Waals surface area contributed by atoms with Crippen molar-refractivity contribution in [3.8, 4) is 5.75 Å². The van der Waals surface area contributed by atoms with Gasteiger partial charge in [0.15, 0.2) is 5.65 Å². The number of hydrogen-bond acceptors (Lipinski definition) is 11. The molecule has 0 aliphatic carbocycles. The SMILES string of the molecule is CCn1nc(C)cc1C(=O)Nc1nc2cc(C(N)=O)cnc2n1C/C=C/Cn1c(NC(=O)c2c(N)c(C)nn2CC)nc2cc(C(N)=O)cc(O)c21. The van der Waals surface area contributed by atoms with Crippen LogP contribution in [0.4, 0.5) is 17.6 Å². The number of pyridine rings is 1. The number of nitrogens with two attached hydrogens (primary N) is 3. The third-order valence-corrected chi connectivity index (χ3v) is 8.29. The van der Waals surface area contributed by atoms with E-state index in [0.717, 1.165) is 0 Å². The van der Waals surface area contributed by atoms with Gasteiger partial charge in [-0.2, -0.15) is 10.2 Å². The lowest BCUT2D eigenvalue weighted by molar-refractivity contribution is 0.0991. The zero-order chi connectivity index (χ0) is 37.4. The number of phenols is 1. The molecule has 0 aliphatic rings. The minimum absolute atomic E-state index is 0.0256. The van der Waals surface area contributed by atoms with Gasteiger partial charge in [0.25, 0.3) is 11.8 Å². The Labute approximate surface area is 295 Å². The summed E-state index contributed by atoms with van der Waals surface area (Å²) in [6.07, 6.45) is 4.81. The number of carbonyl (C=O) groups excluding carboxylic acids is 4. The molecule has 0 saturated heterocycles. The van der Waals surface area contributed by atoms with E-state index in [1.807, 2.05) is 13.8 Å². The number of fused-ring (bicyclic) bond motifs is 2. The van der Waals surface area contributed by atoms with Crippen molar-refractivity contribution in [2.45, 2.75) is 53.9 Å². The van der Waals surface area contributed by atoms with Crippen LogP contribution in [0.3, 0.4) is 0 Å². The Hall–Kier alpha value is -7.05. The number of benzene rings is 1. The van der Waals surface area contributed by atoms with Crippen LogP contribution in [-0.4, -0.2) is 72.4 Å². The number of imidazole rings is 2.